The standard InChI is InChI=1S/C16H22ClNO4/c1-2-22-14-11-12(17)8-9-13(14)16(21)18-10-6-4-3-5-7-15(19)20/h8-9,11H,2-7,10H2,1H3,(H,18,21)(H,19,20). The van der Waals surface area contributed by atoms with Gasteiger partial charge in [0.15, 0.2) is 0 Å². The van der Waals surface area contributed by atoms with Crippen molar-refractivity contribution < 1.29 is 19.4 Å². The third kappa shape index (κ3) is 6.80. The molecule has 122 valence electrons. The van der Waals surface area contributed by atoms with Crippen molar-refractivity contribution >= 4 is 23.5 Å². The minimum atomic E-state index is -0.764. The maximum absolute atomic E-state index is 12.1. The Hall–Kier alpha value is -1.75. The quantitative estimate of drug-likeness (QED) is 0.645. The van der Waals surface area contributed by atoms with Crippen LogP contribution in [0.4, 0.5) is 0 Å². The second kappa shape index (κ2) is 10.1. The Balaban J connectivity index is 2.35. The summed E-state index contributed by atoms with van der Waals surface area (Å²) in [7, 11) is 0. The smallest absolute Gasteiger partial charge is 0.303 e. The fourth-order valence-electron chi connectivity index (χ4n) is 2.01. The van der Waals surface area contributed by atoms with Gasteiger partial charge in [-0.2, -0.15) is 0 Å². The second-order valence-electron chi connectivity index (χ2n) is 4.89. The molecule has 1 aromatic rings. The van der Waals surface area contributed by atoms with E-state index in [1.54, 1.807) is 18.2 Å². The number of hydrogen-bond acceptors (Lipinski definition) is 3. The summed E-state index contributed by atoms with van der Waals surface area (Å²) in [4.78, 5) is 22.5. The van der Waals surface area contributed by atoms with Crippen molar-refractivity contribution in [1.29, 1.82) is 0 Å². The van der Waals surface area contributed by atoms with Crippen molar-refractivity contribution in [3.05, 3.63) is 28.8 Å². The van der Waals surface area contributed by atoms with Crippen molar-refractivity contribution in [1.82, 2.24) is 5.32 Å². The van der Waals surface area contributed by atoms with Gasteiger partial charge in [0.2, 0.25) is 0 Å². The highest BCUT2D eigenvalue weighted by Gasteiger charge is 2.12. The van der Waals surface area contributed by atoms with Gasteiger partial charge in [0.25, 0.3) is 5.91 Å². The average Bonchev–Trinajstić information content (AvgIpc) is 2.46. The molecule has 0 aliphatic rings. The number of halogens is 1. The maximum Gasteiger partial charge on any atom is 0.303 e. The van der Waals surface area contributed by atoms with E-state index in [0.717, 1.165) is 19.3 Å². The molecule has 0 aromatic heterocycles. The number of carboxylic acids is 1. The zero-order valence-corrected chi connectivity index (χ0v) is 13.5. The number of aliphatic carboxylic acids is 1. The second-order valence-corrected chi connectivity index (χ2v) is 5.32. The largest absolute Gasteiger partial charge is 0.493 e. The third-order valence-electron chi connectivity index (χ3n) is 3.09. The Kier molecular flexibility index (Phi) is 8.36. The zero-order chi connectivity index (χ0) is 16.4. The van der Waals surface area contributed by atoms with Gasteiger partial charge in [-0.3, -0.25) is 9.59 Å². The van der Waals surface area contributed by atoms with E-state index in [9.17, 15) is 9.59 Å². The summed E-state index contributed by atoms with van der Waals surface area (Å²) in [5, 5.41) is 11.9. The van der Waals surface area contributed by atoms with E-state index < -0.39 is 5.97 Å². The lowest BCUT2D eigenvalue weighted by Crippen LogP contribution is -2.25. The number of ether oxygens (including phenoxy) is 1. The van der Waals surface area contributed by atoms with E-state index in [-0.39, 0.29) is 12.3 Å². The molecule has 1 aromatic carbocycles. The molecular formula is C16H22ClNO4. The lowest BCUT2D eigenvalue weighted by atomic mass is 10.1. The van der Waals surface area contributed by atoms with Gasteiger partial charge in [0.1, 0.15) is 5.75 Å². The normalized spacial score (nSPS) is 10.3. The Labute approximate surface area is 135 Å². The minimum Gasteiger partial charge on any atom is -0.493 e. The summed E-state index contributed by atoms with van der Waals surface area (Å²) < 4.78 is 5.42. The fraction of sp³-hybridized carbons (Fsp3) is 0.500. The molecule has 0 spiro atoms. The topological polar surface area (TPSA) is 75.6 Å². The van der Waals surface area contributed by atoms with Crippen molar-refractivity contribution in [3.8, 4) is 5.75 Å². The molecule has 2 N–H and O–H groups in total. The van der Waals surface area contributed by atoms with Crippen molar-refractivity contribution in [2.45, 2.75) is 39.0 Å². The molecule has 1 amide bonds. The van der Waals surface area contributed by atoms with Gasteiger partial charge < -0.3 is 15.2 Å². The SMILES string of the molecule is CCOc1cc(Cl)ccc1C(=O)NCCCCCCC(=O)O. The number of unbranched alkanes of at least 4 members (excludes halogenated alkanes) is 3. The number of carbonyl (C=O) groups is 2. The van der Waals surface area contributed by atoms with Crippen molar-refractivity contribution in [2.24, 2.45) is 0 Å². The van der Waals surface area contributed by atoms with Gasteiger partial charge in [-0.15, -0.1) is 0 Å². The van der Waals surface area contributed by atoms with Crippen LogP contribution in [-0.2, 0) is 4.79 Å². The number of rotatable bonds is 10. The van der Waals surface area contributed by atoms with E-state index in [1.165, 1.54) is 0 Å². The van der Waals surface area contributed by atoms with Crippen LogP contribution in [0.2, 0.25) is 5.02 Å². The molecule has 0 unspecified atom stereocenters. The van der Waals surface area contributed by atoms with E-state index in [2.05, 4.69) is 5.32 Å². The van der Waals surface area contributed by atoms with E-state index in [1.807, 2.05) is 6.92 Å². The third-order valence-corrected chi connectivity index (χ3v) is 3.33. The molecule has 0 saturated carbocycles. The van der Waals surface area contributed by atoms with Crippen LogP contribution < -0.4 is 10.1 Å². The number of carboxylic acid groups (broad SMARTS) is 1. The molecule has 0 aliphatic heterocycles. The summed E-state index contributed by atoms with van der Waals surface area (Å²) >= 11 is 5.90. The molecule has 0 atom stereocenters. The highest BCUT2D eigenvalue weighted by molar-refractivity contribution is 6.30. The van der Waals surface area contributed by atoms with Crippen LogP contribution in [0.25, 0.3) is 0 Å². The highest BCUT2D eigenvalue weighted by atomic mass is 35.5. The van der Waals surface area contributed by atoms with Gasteiger partial charge in [0.05, 0.1) is 12.2 Å². The molecule has 0 radical (unpaired) electrons. The molecule has 0 heterocycles. The number of carbonyl (C=O) groups excluding carboxylic acids is 1. The van der Waals surface area contributed by atoms with Crippen LogP contribution in [0.1, 0.15) is 49.4 Å². The van der Waals surface area contributed by atoms with Crippen LogP contribution in [0.5, 0.6) is 5.75 Å². The molecule has 0 bridgehead atoms. The Morgan fingerprint density at radius 1 is 1.23 bits per heavy atom. The molecule has 0 saturated heterocycles. The first kappa shape index (κ1) is 18.3. The zero-order valence-electron chi connectivity index (χ0n) is 12.7. The summed E-state index contributed by atoms with van der Waals surface area (Å²) in [5.41, 5.74) is 0.470. The van der Waals surface area contributed by atoms with E-state index in [0.29, 0.717) is 35.9 Å². The molecular weight excluding hydrogens is 306 g/mol. The summed E-state index contributed by atoms with van der Waals surface area (Å²) in [6, 6.07) is 4.94. The van der Waals surface area contributed by atoms with E-state index >= 15 is 0 Å². The minimum absolute atomic E-state index is 0.189. The summed E-state index contributed by atoms with van der Waals surface area (Å²) in [5.74, 6) is -0.473. The maximum atomic E-state index is 12.1. The number of amides is 1. The van der Waals surface area contributed by atoms with Gasteiger partial charge >= 0.3 is 5.97 Å². The lowest BCUT2D eigenvalue weighted by molar-refractivity contribution is -0.137. The molecule has 0 aliphatic carbocycles. The van der Waals surface area contributed by atoms with Crippen LogP contribution in [0.15, 0.2) is 18.2 Å². The van der Waals surface area contributed by atoms with Crippen LogP contribution in [-0.4, -0.2) is 30.1 Å². The first-order valence-corrected chi connectivity index (χ1v) is 7.84. The molecule has 5 nitrogen and oxygen atoms in total. The molecule has 22 heavy (non-hydrogen) atoms. The first-order valence-electron chi connectivity index (χ1n) is 7.47. The summed E-state index contributed by atoms with van der Waals surface area (Å²) in [6.07, 6.45) is 3.45. The van der Waals surface area contributed by atoms with Crippen LogP contribution in [0.3, 0.4) is 0 Å². The highest BCUT2D eigenvalue weighted by Crippen LogP contribution is 2.23. The Bertz CT molecular complexity index is 505. The van der Waals surface area contributed by atoms with Gasteiger partial charge in [-0.25, -0.2) is 0 Å². The van der Waals surface area contributed by atoms with Crippen LogP contribution in [0, 0.1) is 0 Å². The van der Waals surface area contributed by atoms with Crippen molar-refractivity contribution in [2.75, 3.05) is 13.2 Å². The van der Waals surface area contributed by atoms with Crippen LogP contribution >= 0.6 is 11.6 Å². The first-order chi connectivity index (χ1) is 10.5. The summed E-state index contributed by atoms with van der Waals surface area (Å²) in [6.45, 7) is 2.87. The average molecular weight is 328 g/mol. The van der Waals surface area contributed by atoms with Gasteiger partial charge in [-0.05, 0) is 38.0 Å². The number of nitrogens with one attached hydrogen (secondary N) is 1. The molecule has 6 heteroatoms. The van der Waals surface area contributed by atoms with Gasteiger partial charge in [-0.1, -0.05) is 24.4 Å². The predicted octanol–water partition coefficient (Wildman–Crippen LogP) is 3.50. The lowest BCUT2D eigenvalue weighted by Gasteiger charge is -2.11. The molecule has 0 fully saturated rings. The van der Waals surface area contributed by atoms with Gasteiger partial charge in [0, 0.05) is 18.0 Å². The van der Waals surface area contributed by atoms with E-state index in [4.69, 9.17) is 21.4 Å². The monoisotopic (exact) mass is 327 g/mol. The number of benzene rings is 1. The number of hydrogen-bond donors (Lipinski definition) is 2. The molecule has 1 rings (SSSR count). The Morgan fingerprint density at radius 3 is 2.64 bits per heavy atom. The van der Waals surface area contributed by atoms with Crippen molar-refractivity contribution in [3.63, 3.8) is 0 Å². The fourth-order valence-corrected chi connectivity index (χ4v) is 2.17. The predicted molar refractivity (Wildman–Crippen MR) is 85.7 cm³/mol. The Morgan fingerprint density at radius 2 is 1.95 bits per heavy atom.